The summed E-state index contributed by atoms with van der Waals surface area (Å²) in [5.74, 6) is -0.603. The van der Waals surface area contributed by atoms with Gasteiger partial charge in [0.15, 0.2) is 5.16 Å². The molecule has 1 unspecified atom stereocenters. The Bertz CT molecular complexity index is 920. The van der Waals surface area contributed by atoms with Crippen molar-refractivity contribution < 1.29 is 18.0 Å². The molecule has 0 aliphatic heterocycles. The number of nitrogens with zero attached hydrogens (tertiary/aromatic N) is 1. The van der Waals surface area contributed by atoms with Crippen LogP contribution in [-0.2, 0) is 11.0 Å². The zero-order chi connectivity index (χ0) is 19.6. The fourth-order valence-corrected chi connectivity index (χ4v) is 3.64. The number of carbonyl (C=O) groups excluding carboxylic acids is 1. The van der Waals surface area contributed by atoms with E-state index in [1.54, 1.807) is 0 Å². The molecule has 0 aliphatic rings. The van der Waals surface area contributed by atoms with Crippen LogP contribution in [-0.4, -0.2) is 21.1 Å². The summed E-state index contributed by atoms with van der Waals surface area (Å²) < 4.78 is 39.5. The zero-order valence-electron chi connectivity index (χ0n) is 14.7. The Balaban J connectivity index is 1.82. The molecule has 1 atom stereocenters. The maximum absolute atomic E-state index is 13.2. The summed E-state index contributed by atoms with van der Waals surface area (Å²) in [6.07, 6.45) is -4.54. The first-order chi connectivity index (χ1) is 12.8. The Labute approximate surface area is 158 Å². The van der Waals surface area contributed by atoms with E-state index in [0.717, 1.165) is 17.1 Å². The van der Waals surface area contributed by atoms with E-state index in [1.807, 2.05) is 38.1 Å². The molecule has 0 bridgehead atoms. The average molecular weight is 393 g/mol. The van der Waals surface area contributed by atoms with E-state index >= 15 is 0 Å². The van der Waals surface area contributed by atoms with Crippen LogP contribution in [0.4, 0.5) is 18.9 Å². The molecular weight excluding hydrogens is 375 g/mol. The Morgan fingerprint density at radius 2 is 1.78 bits per heavy atom. The van der Waals surface area contributed by atoms with Gasteiger partial charge in [0.05, 0.1) is 27.5 Å². The largest absolute Gasteiger partial charge is 0.418 e. The normalized spacial score (nSPS) is 13.1. The molecule has 8 heteroatoms. The summed E-state index contributed by atoms with van der Waals surface area (Å²) in [6.45, 7) is 3.69. The quantitative estimate of drug-likeness (QED) is 0.576. The van der Waals surface area contributed by atoms with Crippen LogP contribution in [0.25, 0.3) is 11.0 Å². The highest BCUT2D eigenvalue weighted by molar-refractivity contribution is 8.00. The van der Waals surface area contributed by atoms with Crippen LogP contribution in [0.1, 0.15) is 19.4 Å². The first kappa shape index (κ1) is 19.3. The van der Waals surface area contributed by atoms with Gasteiger partial charge in [-0.05, 0) is 30.2 Å². The minimum Gasteiger partial charge on any atom is -0.333 e. The smallest absolute Gasteiger partial charge is 0.333 e. The van der Waals surface area contributed by atoms with Crippen LogP contribution in [0, 0.1) is 5.92 Å². The molecule has 27 heavy (non-hydrogen) atoms. The molecule has 4 nitrogen and oxygen atoms in total. The Hall–Kier alpha value is -2.48. The zero-order valence-corrected chi connectivity index (χ0v) is 15.5. The second-order valence-corrected chi connectivity index (χ2v) is 7.50. The molecule has 142 valence electrons. The minimum atomic E-state index is -4.54. The number of nitrogens with one attached hydrogen (secondary N) is 2. The third kappa shape index (κ3) is 4.44. The van der Waals surface area contributed by atoms with E-state index in [9.17, 15) is 18.0 Å². The third-order valence-electron chi connectivity index (χ3n) is 3.96. The molecule has 1 aromatic heterocycles. The van der Waals surface area contributed by atoms with E-state index in [1.165, 1.54) is 30.0 Å². The number of H-pyrrole nitrogens is 1. The lowest BCUT2D eigenvalue weighted by Gasteiger charge is -2.20. The first-order valence-corrected chi connectivity index (χ1v) is 9.22. The number of carbonyl (C=O) groups is 1. The van der Waals surface area contributed by atoms with Gasteiger partial charge in [-0.1, -0.05) is 49.9 Å². The van der Waals surface area contributed by atoms with Crippen molar-refractivity contribution in [3.05, 3.63) is 54.1 Å². The van der Waals surface area contributed by atoms with Gasteiger partial charge < -0.3 is 10.3 Å². The van der Waals surface area contributed by atoms with E-state index in [0.29, 0.717) is 5.16 Å². The van der Waals surface area contributed by atoms with Crippen molar-refractivity contribution >= 4 is 34.4 Å². The van der Waals surface area contributed by atoms with Gasteiger partial charge in [0, 0.05) is 0 Å². The summed E-state index contributed by atoms with van der Waals surface area (Å²) in [7, 11) is 0. The van der Waals surface area contributed by atoms with Crippen LogP contribution in [0.3, 0.4) is 0 Å². The van der Waals surface area contributed by atoms with Crippen LogP contribution < -0.4 is 5.32 Å². The number of anilines is 1. The topological polar surface area (TPSA) is 57.8 Å². The maximum atomic E-state index is 13.2. The number of aromatic nitrogens is 2. The third-order valence-corrected chi connectivity index (χ3v) is 5.39. The fourth-order valence-electron chi connectivity index (χ4n) is 2.64. The summed E-state index contributed by atoms with van der Waals surface area (Å²) in [5.41, 5.74) is 0.496. The summed E-state index contributed by atoms with van der Waals surface area (Å²) >= 11 is 1.20. The Morgan fingerprint density at radius 1 is 1.11 bits per heavy atom. The lowest BCUT2D eigenvalue weighted by molar-refractivity contribution is -0.137. The van der Waals surface area contributed by atoms with Gasteiger partial charge in [-0.2, -0.15) is 13.2 Å². The van der Waals surface area contributed by atoms with Crippen molar-refractivity contribution in [3.8, 4) is 0 Å². The molecule has 0 saturated carbocycles. The standard InChI is InChI=1S/C19H18F3N3OS/c1-11(2)16(27-18-24-14-9-5-6-10-15(14)25-18)17(26)23-13-8-4-3-7-12(13)19(20,21)22/h3-11,16H,1-2H3,(H,23,26)(H,24,25). The molecule has 2 N–H and O–H groups in total. The summed E-state index contributed by atoms with van der Waals surface area (Å²) in [4.78, 5) is 20.3. The van der Waals surface area contributed by atoms with Crippen molar-refractivity contribution in [1.82, 2.24) is 9.97 Å². The monoisotopic (exact) mass is 393 g/mol. The fraction of sp³-hybridized carbons (Fsp3) is 0.263. The first-order valence-electron chi connectivity index (χ1n) is 8.34. The van der Waals surface area contributed by atoms with Crippen molar-refractivity contribution in [1.29, 1.82) is 0 Å². The van der Waals surface area contributed by atoms with Crippen molar-refractivity contribution in [2.75, 3.05) is 5.32 Å². The highest BCUT2D eigenvalue weighted by atomic mass is 32.2. The highest BCUT2D eigenvalue weighted by Gasteiger charge is 2.34. The number of halogens is 3. The Kier molecular flexibility index (Phi) is 5.46. The summed E-state index contributed by atoms with van der Waals surface area (Å²) in [6, 6.07) is 12.4. The molecule has 1 amide bonds. The lowest BCUT2D eigenvalue weighted by atomic mass is 10.1. The number of para-hydroxylation sites is 3. The second-order valence-electron chi connectivity index (χ2n) is 6.37. The lowest BCUT2D eigenvalue weighted by Crippen LogP contribution is -2.30. The molecule has 3 aromatic rings. The van der Waals surface area contributed by atoms with Gasteiger partial charge >= 0.3 is 6.18 Å². The van der Waals surface area contributed by atoms with Crippen LogP contribution >= 0.6 is 11.8 Å². The molecule has 0 aliphatic carbocycles. The van der Waals surface area contributed by atoms with Crippen molar-refractivity contribution in [2.45, 2.75) is 30.4 Å². The van der Waals surface area contributed by atoms with Crippen molar-refractivity contribution in [3.63, 3.8) is 0 Å². The molecule has 1 heterocycles. The van der Waals surface area contributed by atoms with E-state index in [-0.39, 0.29) is 11.6 Å². The molecule has 3 rings (SSSR count). The number of rotatable bonds is 5. The molecular formula is C19H18F3N3OS. The van der Waals surface area contributed by atoms with Crippen LogP contribution in [0.5, 0.6) is 0 Å². The van der Waals surface area contributed by atoms with Crippen molar-refractivity contribution in [2.24, 2.45) is 5.92 Å². The number of aromatic amines is 1. The summed E-state index contributed by atoms with van der Waals surface area (Å²) in [5, 5.41) is 2.38. The SMILES string of the molecule is CC(C)C(Sc1nc2ccccc2[nH]1)C(=O)Nc1ccccc1C(F)(F)F. The van der Waals surface area contributed by atoms with Gasteiger partial charge in [0.1, 0.15) is 0 Å². The number of imidazole rings is 1. The van der Waals surface area contributed by atoms with Gasteiger partial charge in [-0.3, -0.25) is 4.79 Å². The Morgan fingerprint density at radius 3 is 2.44 bits per heavy atom. The minimum absolute atomic E-state index is 0.110. The van der Waals surface area contributed by atoms with E-state index in [2.05, 4.69) is 15.3 Å². The highest BCUT2D eigenvalue weighted by Crippen LogP contribution is 2.35. The van der Waals surface area contributed by atoms with Gasteiger partial charge in [0.25, 0.3) is 0 Å². The number of amides is 1. The van der Waals surface area contributed by atoms with E-state index < -0.39 is 22.9 Å². The van der Waals surface area contributed by atoms with Gasteiger partial charge in [-0.25, -0.2) is 4.98 Å². The van der Waals surface area contributed by atoms with E-state index in [4.69, 9.17) is 0 Å². The second kappa shape index (κ2) is 7.64. The number of benzene rings is 2. The average Bonchev–Trinajstić information content (AvgIpc) is 3.01. The molecule has 2 aromatic carbocycles. The molecule has 0 fully saturated rings. The number of hydrogen-bond donors (Lipinski definition) is 2. The molecule has 0 spiro atoms. The van der Waals surface area contributed by atoms with Crippen LogP contribution in [0.2, 0.25) is 0 Å². The number of thioether (sulfide) groups is 1. The number of hydrogen-bond acceptors (Lipinski definition) is 3. The number of fused-ring (bicyclic) bond motifs is 1. The van der Waals surface area contributed by atoms with Gasteiger partial charge in [-0.15, -0.1) is 0 Å². The predicted octanol–water partition coefficient (Wildman–Crippen LogP) is 5.34. The van der Waals surface area contributed by atoms with Gasteiger partial charge in [0.2, 0.25) is 5.91 Å². The molecule has 0 radical (unpaired) electrons. The maximum Gasteiger partial charge on any atom is 0.418 e. The predicted molar refractivity (Wildman–Crippen MR) is 101 cm³/mol. The number of alkyl halides is 3. The molecule has 0 saturated heterocycles. The van der Waals surface area contributed by atoms with Crippen LogP contribution in [0.15, 0.2) is 53.7 Å².